The smallest absolute Gasteiger partial charge is 0.340 e. The van der Waals surface area contributed by atoms with Crippen molar-refractivity contribution in [3.8, 4) is 0 Å². The van der Waals surface area contributed by atoms with Crippen molar-refractivity contribution in [3.63, 3.8) is 0 Å². The van der Waals surface area contributed by atoms with Crippen LogP contribution in [0.3, 0.4) is 0 Å². The first kappa shape index (κ1) is 29.1. The SMILES string of the molecule is O=P(O)(O)CP(=O)(O)OC[C@H]1O[C@@H](n2cnc3c(N4CC5(CCCC5)c5cccc(F)c54)nc(Cl)nc32)C(O)C1O. The molecule has 0 radical (unpaired) electrons. The number of nitrogens with zero attached hydrogens (tertiary/aromatic N) is 5. The molecule has 2 fully saturated rings. The summed E-state index contributed by atoms with van der Waals surface area (Å²) in [7, 11) is -9.59. The second kappa shape index (κ2) is 10.3. The fourth-order valence-electron chi connectivity index (χ4n) is 6.15. The monoisotopic (exact) mass is 633 g/mol. The summed E-state index contributed by atoms with van der Waals surface area (Å²) in [6.07, 6.45) is -0.702. The maximum absolute atomic E-state index is 15.3. The first-order valence-corrected chi connectivity index (χ1v) is 16.7. The number of aliphatic hydroxyl groups excluding tert-OH is 2. The second-order valence-corrected chi connectivity index (χ2v) is 15.0. The first-order chi connectivity index (χ1) is 19.3. The quantitative estimate of drug-likeness (QED) is 0.188. The fourth-order valence-corrected chi connectivity index (χ4v) is 8.88. The number of aliphatic hydroxyl groups is 2. The van der Waals surface area contributed by atoms with Crippen LogP contribution in [0.5, 0.6) is 0 Å². The highest BCUT2D eigenvalue weighted by Gasteiger charge is 2.48. The van der Waals surface area contributed by atoms with Gasteiger partial charge in [0.1, 0.15) is 24.1 Å². The Morgan fingerprint density at radius 1 is 1.15 bits per heavy atom. The van der Waals surface area contributed by atoms with E-state index in [0.29, 0.717) is 12.2 Å². The van der Waals surface area contributed by atoms with E-state index >= 15 is 4.39 Å². The zero-order valence-corrected chi connectivity index (χ0v) is 23.9. The van der Waals surface area contributed by atoms with Crippen LogP contribution < -0.4 is 4.90 Å². The second-order valence-electron chi connectivity index (χ2n) is 10.6. The van der Waals surface area contributed by atoms with Gasteiger partial charge in [0.05, 0.1) is 18.6 Å². The Balaban J connectivity index is 1.32. The molecule has 4 heterocycles. The summed E-state index contributed by atoms with van der Waals surface area (Å²) in [5, 5.41) is 21.1. The van der Waals surface area contributed by atoms with E-state index in [2.05, 4.69) is 15.0 Å². The first-order valence-electron chi connectivity index (χ1n) is 12.8. The van der Waals surface area contributed by atoms with E-state index in [4.69, 9.17) is 30.6 Å². The number of hydrogen-bond acceptors (Lipinski definition) is 10. The maximum atomic E-state index is 15.3. The summed E-state index contributed by atoms with van der Waals surface area (Å²) in [6, 6.07) is 5.01. The molecule has 1 saturated heterocycles. The summed E-state index contributed by atoms with van der Waals surface area (Å²) < 4.78 is 50.2. The molecule has 5 atom stereocenters. The molecule has 0 amide bonds. The van der Waals surface area contributed by atoms with Crippen molar-refractivity contribution < 1.29 is 47.7 Å². The van der Waals surface area contributed by atoms with Crippen LogP contribution in [0.4, 0.5) is 15.9 Å². The van der Waals surface area contributed by atoms with Gasteiger partial charge < -0.3 is 39.1 Å². The third kappa shape index (κ3) is 5.22. The predicted octanol–water partition coefficient (Wildman–Crippen LogP) is 2.54. The maximum Gasteiger partial charge on any atom is 0.340 e. The number of hydrogen-bond donors (Lipinski definition) is 5. The summed E-state index contributed by atoms with van der Waals surface area (Å²) in [6.45, 7) is -0.281. The van der Waals surface area contributed by atoms with Gasteiger partial charge in [0.15, 0.2) is 29.1 Å². The Morgan fingerprint density at radius 2 is 1.88 bits per heavy atom. The normalized spacial score (nSPS) is 27.1. The number of ether oxygens (including phenoxy) is 1. The van der Waals surface area contributed by atoms with Gasteiger partial charge in [0.25, 0.3) is 0 Å². The molecule has 41 heavy (non-hydrogen) atoms. The van der Waals surface area contributed by atoms with Crippen molar-refractivity contribution in [1.29, 1.82) is 0 Å². The zero-order valence-electron chi connectivity index (χ0n) is 21.3. The molecule has 3 unspecified atom stereocenters. The van der Waals surface area contributed by atoms with E-state index < -0.39 is 58.1 Å². The standard InChI is InChI=1S/C23H27ClFN5O9P2/c24-22-27-19(29-9-23(6-1-2-7-23)12-4-3-5-13(25)16(12)29)15-20(28-22)30(10-26-15)21-18(32)17(31)14(39-21)8-38-41(36,37)11-40(33,34)35/h3-5,10,14,17-18,21,31-32H,1-2,6-9,11H2,(H,36,37)(H2,33,34,35)/t14-,17?,18?,21-/m1/s1. The molecule has 6 rings (SSSR count). The van der Waals surface area contributed by atoms with Gasteiger partial charge in [0.2, 0.25) is 5.28 Å². The van der Waals surface area contributed by atoms with Gasteiger partial charge in [-0.3, -0.25) is 13.7 Å². The van der Waals surface area contributed by atoms with E-state index in [-0.39, 0.29) is 27.7 Å². The van der Waals surface area contributed by atoms with Crippen molar-refractivity contribution in [1.82, 2.24) is 19.5 Å². The lowest BCUT2D eigenvalue weighted by Gasteiger charge is -2.25. The number of para-hydroxylation sites is 1. The summed E-state index contributed by atoms with van der Waals surface area (Å²) in [5.74, 6) is -1.56. The van der Waals surface area contributed by atoms with Crippen molar-refractivity contribution in [2.45, 2.75) is 55.6 Å². The van der Waals surface area contributed by atoms with Crippen LogP contribution in [0.2, 0.25) is 5.28 Å². The molecule has 1 saturated carbocycles. The third-order valence-corrected chi connectivity index (χ3v) is 11.5. The highest BCUT2D eigenvalue weighted by molar-refractivity contribution is 7.70. The number of imidazole rings is 1. The van der Waals surface area contributed by atoms with Crippen molar-refractivity contribution >= 4 is 49.5 Å². The van der Waals surface area contributed by atoms with Crippen LogP contribution in [-0.4, -0.2) is 81.8 Å². The number of anilines is 2. The highest BCUT2D eigenvalue weighted by Crippen LogP contribution is 2.56. The van der Waals surface area contributed by atoms with Crippen LogP contribution >= 0.6 is 26.8 Å². The average Bonchev–Trinajstić information content (AvgIpc) is 3.65. The van der Waals surface area contributed by atoms with E-state index in [1.807, 2.05) is 6.07 Å². The predicted molar refractivity (Wildman–Crippen MR) is 142 cm³/mol. The lowest BCUT2D eigenvalue weighted by atomic mass is 9.81. The number of benzene rings is 1. The van der Waals surface area contributed by atoms with Crippen molar-refractivity contribution in [2.75, 3.05) is 24.0 Å². The minimum absolute atomic E-state index is 0.123. The van der Waals surface area contributed by atoms with E-state index in [0.717, 1.165) is 31.2 Å². The van der Waals surface area contributed by atoms with Crippen LogP contribution in [0.25, 0.3) is 11.2 Å². The number of aromatic nitrogens is 4. The molecule has 0 bridgehead atoms. The molecule has 3 aromatic rings. The third-order valence-electron chi connectivity index (χ3n) is 7.90. The van der Waals surface area contributed by atoms with E-state index in [1.54, 1.807) is 11.0 Å². The van der Waals surface area contributed by atoms with Crippen molar-refractivity contribution in [3.05, 3.63) is 41.2 Å². The van der Waals surface area contributed by atoms with Gasteiger partial charge in [-0.25, -0.2) is 9.37 Å². The van der Waals surface area contributed by atoms with Gasteiger partial charge >= 0.3 is 15.2 Å². The Bertz CT molecular complexity index is 1600. The van der Waals surface area contributed by atoms with Crippen LogP contribution in [0, 0.1) is 5.82 Å². The van der Waals surface area contributed by atoms with Gasteiger partial charge in [-0.2, -0.15) is 9.97 Å². The van der Waals surface area contributed by atoms with Gasteiger partial charge in [-0.05, 0) is 36.1 Å². The molecule has 3 aliphatic rings. The zero-order chi connectivity index (χ0) is 29.3. The number of halogens is 2. The lowest BCUT2D eigenvalue weighted by molar-refractivity contribution is -0.0483. The molecule has 1 spiro atoms. The molecule has 14 nitrogen and oxygen atoms in total. The molecule has 1 aliphatic carbocycles. The molecule has 2 aromatic heterocycles. The molecular formula is C23H27ClFN5O9P2. The minimum Gasteiger partial charge on any atom is -0.387 e. The Hall–Kier alpha value is -2.03. The Kier molecular flexibility index (Phi) is 7.30. The molecule has 1 aromatic carbocycles. The van der Waals surface area contributed by atoms with Crippen LogP contribution in [-0.2, 0) is 23.8 Å². The molecule has 18 heteroatoms. The molecule has 222 valence electrons. The molecule has 5 N–H and O–H groups in total. The Labute approximate surface area is 237 Å². The largest absolute Gasteiger partial charge is 0.387 e. The van der Waals surface area contributed by atoms with Crippen LogP contribution in [0.15, 0.2) is 24.5 Å². The summed E-state index contributed by atoms with van der Waals surface area (Å²) in [4.78, 5) is 42.5. The number of rotatable bonds is 7. The topological polar surface area (TPSA) is 201 Å². The van der Waals surface area contributed by atoms with Gasteiger partial charge in [-0.1, -0.05) is 25.0 Å². The minimum atomic E-state index is -4.86. The molecular weight excluding hydrogens is 607 g/mol. The average molecular weight is 634 g/mol. The van der Waals surface area contributed by atoms with E-state index in [1.165, 1.54) is 17.0 Å². The van der Waals surface area contributed by atoms with Gasteiger partial charge in [0, 0.05) is 12.0 Å². The number of fused-ring (bicyclic) bond motifs is 3. The lowest BCUT2D eigenvalue weighted by Crippen LogP contribution is -2.33. The van der Waals surface area contributed by atoms with Crippen LogP contribution in [0.1, 0.15) is 37.5 Å². The fraction of sp³-hybridized carbons (Fsp3) is 0.522. The highest BCUT2D eigenvalue weighted by atomic mass is 35.5. The summed E-state index contributed by atoms with van der Waals surface area (Å²) >= 11 is 6.32. The summed E-state index contributed by atoms with van der Waals surface area (Å²) in [5.41, 5.74) is 1.42. The van der Waals surface area contributed by atoms with E-state index in [9.17, 15) is 24.2 Å². The Morgan fingerprint density at radius 3 is 2.59 bits per heavy atom. The molecule has 2 aliphatic heterocycles. The van der Waals surface area contributed by atoms with Gasteiger partial charge in [-0.15, -0.1) is 0 Å². The van der Waals surface area contributed by atoms with Crippen molar-refractivity contribution in [2.24, 2.45) is 0 Å².